The number of anilines is 2. The second-order valence-electron chi connectivity index (χ2n) is 9.24. The molecule has 3 N–H and O–H groups in total. The summed E-state index contributed by atoms with van der Waals surface area (Å²) < 4.78 is 5.63. The van der Waals surface area contributed by atoms with Crippen LogP contribution in [0.4, 0.5) is 11.6 Å². The fraction of sp³-hybridized carbons (Fsp3) is 0.370. The number of carbonyl (C=O) groups is 1. The number of amides is 1. The Morgan fingerprint density at radius 3 is 2.41 bits per heavy atom. The zero-order chi connectivity index (χ0) is 23.4. The smallest absolute Gasteiger partial charge is 0.235 e. The van der Waals surface area contributed by atoms with E-state index < -0.39 is 5.41 Å². The van der Waals surface area contributed by atoms with Gasteiger partial charge in [-0.2, -0.15) is 0 Å². The van der Waals surface area contributed by atoms with Crippen molar-refractivity contribution in [3.8, 4) is 11.1 Å². The SMILES string of the molecule is Nc1ncc(-c2ccc(C3(C(=O)Nc4cccc(CN5CCCC5)c4)CCOCC3)cc2)cn1. The minimum absolute atomic E-state index is 0.0256. The van der Waals surface area contributed by atoms with E-state index in [-0.39, 0.29) is 11.9 Å². The van der Waals surface area contributed by atoms with Gasteiger partial charge >= 0.3 is 0 Å². The summed E-state index contributed by atoms with van der Waals surface area (Å²) in [6, 6.07) is 16.4. The molecule has 176 valence electrons. The van der Waals surface area contributed by atoms with Crippen molar-refractivity contribution in [2.24, 2.45) is 0 Å². The van der Waals surface area contributed by atoms with Crippen molar-refractivity contribution in [3.05, 3.63) is 72.1 Å². The van der Waals surface area contributed by atoms with Crippen LogP contribution in [0.1, 0.15) is 36.8 Å². The van der Waals surface area contributed by atoms with Gasteiger partial charge in [0, 0.05) is 43.4 Å². The van der Waals surface area contributed by atoms with Gasteiger partial charge in [0.25, 0.3) is 0 Å². The lowest BCUT2D eigenvalue weighted by Crippen LogP contribution is -2.44. The number of benzene rings is 2. The van der Waals surface area contributed by atoms with Gasteiger partial charge in [0.15, 0.2) is 0 Å². The van der Waals surface area contributed by atoms with E-state index in [4.69, 9.17) is 10.5 Å². The van der Waals surface area contributed by atoms with Crippen molar-refractivity contribution in [2.75, 3.05) is 37.4 Å². The van der Waals surface area contributed by atoms with Gasteiger partial charge in [-0.3, -0.25) is 9.69 Å². The van der Waals surface area contributed by atoms with Gasteiger partial charge in [0.2, 0.25) is 11.9 Å². The summed E-state index contributed by atoms with van der Waals surface area (Å²) in [7, 11) is 0. The highest BCUT2D eigenvalue weighted by atomic mass is 16.5. The van der Waals surface area contributed by atoms with Crippen LogP contribution in [0.5, 0.6) is 0 Å². The van der Waals surface area contributed by atoms with Crippen LogP contribution in [-0.2, 0) is 21.5 Å². The molecule has 0 radical (unpaired) electrons. The molecule has 1 amide bonds. The maximum Gasteiger partial charge on any atom is 0.235 e. The van der Waals surface area contributed by atoms with E-state index in [1.54, 1.807) is 12.4 Å². The molecule has 0 atom stereocenters. The molecule has 5 rings (SSSR count). The monoisotopic (exact) mass is 457 g/mol. The largest absolute Gasteiger partial charge is 0.381 e. The molecule has 0 saturated carbocycles. The lowest BCUT2D eigenvalue weighted by Gasteiger charge is -2.36. The van der Waals surface area contributed by atoms with Crippen LogP contribution in [0.15, 0.2) is 60.9 Å². The van der Waals surface area contributed by atoms with Crippen LogP contribution >= 0.6 is 0 Å². The Morgan fingerprint density at radius 2 is 1.71 bits per heavy atom. The summed E-state index contributed by atoms with van der Waals surface area (Å²) in [5, 5.41) is 3.22. The quantitative estimate of drug-likeness (QED) is 0.581. The lowest BCUT2D eigenvalue weighted by atomic mass is 9.73. The summed E-state index contributed by atoms with van der Waals surface area (Å²) in [5.41, 5.74) is 9.94. The van der Waals surface area contributed by atoms with E-state index in [0.717, 1.165) is 42.0 Å². The van der Waals surface area contributed by atoms with Crippen molar-refractivity contribution >= 4 is 17.5 Å². The number of ether oxygens (including phenoxy) is 1. The number of nitrogens with zero attached hydrogens (tertiary/aromatic N) is 3. The molecule has 2 saturated heterocycles. The van der Waals surface area contributed by atoms with Crippen molar-refractivity contribution in [3.63, 3.8) is 0 Å². The molecule has 2 aliphatic heterocycles. The third kappa shape index (κ3) is 4.81. The van der Waals surface area contributed by atoms with Crippen molar-refractivity contribution in [1.82, 2.24) is 14.9 Å². The van der Waals surface area contributed by atoms with E-state index in [9.17, 15) is 4.79 Å². The summed E-state index contributed by atoms with van der Waals surface area (Å²) in [4.78, 5) is 24.4. The molecule has 3 aromatic rings. The van der Waals surface area contributed by atoms with E-state index in [0.29, 0.717) is 26.1 Å². The Labute approximate surface area is 200 Å². The van der Waals surface area contributed by atoms with Gasteiger partial charge in [-0.25, -0.2) is 9.97 Å². The van der Waals surface area contributed by atoms with E-state index in [1.165, 1.54) is 18.4 Å². The Bertz CT molecular complexity index is 1120. The summed E-state index contributed by atoms with van der Waals surface area (Å²) in [5.74, 6) is 0.278. The fourth-order valence-electron chi connectivity index (χ4n) is 5.03. The Hall–Kier alpha value is -3.29. The predicted octanol–water partition coefficient (Wildman–Crippen LogP) is 4.01. The van der Waals surface area contributed by atoms with E-state index in [2.05, 4.69) is 32.3 Å². The Morgan fingerprint density at radius 1 is 1.00 bits per heavy atom. The maximum atomic E-state index is 13.7. The summed E-state index contributed by atoms with van der Waals surface area (Å²) in [6.07, 6.45) is 7.26. The van der Waals surface area contributed by atoms with Crippen molar-refractivity contribution < 1.29 is 9.53 Å². The number of hydrogen-bond acceptors (Lipinski definition) is 6. The molecule has 7 heteroatoms. The number of nitrogen functional groups attached to an aromatic ring is 1. The number of likely N-dealkylation sites (tertiary alicyclic amines) is 1. The molecule has 7 nitrogen and oxygen atoms in total. The Kier molecular flexibility index (Phi) is 6.56. The van der Waals surface area contributed by atoms with Crippen LogP contribution in [0.3, 0.4) is 0 Å². The molecule has 34 heavy (non-hydrogen) atoms. The van der Waals surface area contributed by atoms with Crippen LogP contribution in [0.2, 0.25) is 0 Å². The van der Waals surface area contributed by atoms with Crippen molar-refractivity contribution in [1.29, 1.82) is 0 Å². The average Bonchev–Trinajstić information content (AvgIpc) is 3.38. The fourth-order valence-corrected chi connectivity index (χ4v) is 5.03. The molecule has 2 aliphatic rings. The number of rotatable bonds is 6. The van der Waals surface area contributed by atoms with Gasteiger partial charge in [0.05, 0.1) is 5.41 Å². The molecule has 2 aromatic carbocycles. The standard InChI is InChI=1S/C27H31N5O2/c28-26-29-17-22(18-30-26)21-6-8-23(9-7-21)27(10-14-34-15-11-27)25(33)31-24-5-3-4-20(16-24)19-32-12-1-2-13-32/h3-9,16-18H,1-2,10-15,19H2,(H,31,33)(H2,28,29,30). The number of nitrogens with two attached hydrogens (primary N) is 1. The van der Waals surface area contributed by atoms with Crippen LogP contribution in [0.25, 0.3) is 11.1 Å². The van der Waals surface area contributed by atoms with Gasteiger partial charge in [-0.05, 0) is 67.6 Å². The highest BCUT2D eigenvalue weighted by Gasteiger charge is 2.41. The number of hydrogen-bond donors (Lipinski definition) is 2. The number of nitrogens with one attached hydrogen (secondary N) is 1. The highest BCUT2D eigenvalue weighted by Crippen LogP contribution is 2.37. The van der Waals surface area contributed by atoms with Gasteiger partial charge in [-0.1, -0.05) is 36.4 Å². The molecule has 0 spiro atoms. The highest BCUT2D eigenvalue weighted by molar-refractivity contribution is 5.99. The zero-order valence-electron chi connectivity index (χ0n) is 19.4. The van der Waals surface area contributed by atoms with Gasteiger partial charge in [-0.15, -0.1) is 0 Å². The average molecular weight is 458 g/mol. The maximum absolute atomic E-state index is 13.7. The van der Waals surface area contributed by atoms with E-state index in [1.807, 2.05) is 36.4 Å². The minimum atomic E-state index is -0.626. The van der Waals surface area contributed by atoms with Crippen molar-refractivity contribution in [2.45, 2.75) is 37.6 Å². The normalized spacial score (nSPS) is 18.0. The molecule has 3 heterocycles. The Balaban J connectivity index is 1.36. The minimum Gasteiger partial charge on any atom is -0.381 e. The molecule has 1 aromatic heterocycles. The first-order valence-electron chi connectivity index (χ1n) is 12.0. The van der Waals surface area contributed by atoms with Crippen LogP contribution < -0.4 is 11.1 Å². The van der Waals surface area contributed by atoms with Gasteiger partial charge < -0.3 is 15.8 Å². The van der Waals surface area contributed by atoms with Crippen LogP contribution in [-0.4, -0.2) is 47.1 Å². The molecular weight excluding hydrogens is 426 g/mol. The van der Waals surface area contributed by atoms with Gasteiger partial charge in [0.1, 0.15) is 0 Å². The predicted molar refractivity (Wildman–Crippen MR) is 133 cm³/mol. The third-order valence-corrected chi connectivity index (χ3v) is 7.01. The topological polar surface area (TPSA) is 93.4 Å². The first kappa shape index (κ1) is 22.5. The number of carbonyl (C=O) groups excluding carboxylic acids is 1. The molecule has 0 bridgehead atoms. The molecular formula is C27H31N5O2. The molecule has 2 fully saturated rings. The summed E-state index contributed by atoms with van der Waals surface area (Å²) >= 11 is 0. The third-order valence-electron chi connectivity index (χ3n) is 7.01. The lowest BCUT2D eigenvalue weighted by molar-refractivity contribution is -0.125. The number of aromatic nitrogens is 2. The first-order valence-corrected chi connectivity index (χ1v) is 12.0. The second kappa shape index (κ2) is 9.91. The van der Waals surface area contributed by atoms with Crippen LogP contribution in [0, 0.1) is 0 Å². The van der Waals surface area contributed by atoms with E-state index >= 15 is 0 Å². The molecule has 0 unspecified atom stereocenters. The first-order chi connectivity index (χ1) is 16.6. The molecule has 0 aliphatic carbocycles. The summed E-state index contributed by atoms with van der Waals surface area (Å²) in [6.45, 7) is 4.36. The zero-order valence-corrected chi connectivity index (χ0v) is 19.4. The second-order valence-corrected chi connectivity index (χ2v) is 9.24.